The number of nitrogens with one attached hydrogen (secondary N) is 2. The Morgan fingerprint density at radius 3 is 2.70 bits per heavy atom. The van der Waals surface area contributed by atoms with E-state index in [1.807, 2.05) is 32.5 Å². The SMILES string of the molecule is CSCC(C)NC1CCCC1CNC(=O)OC(C)(C)C. The number of carbonyl (C=O) groups excluding carboxylic acids is 1. The lowest BCUT2D eigenvalue weighted by molar-refractivity contribution is 0.0517. The van der Waals surface area contributed by atoms with Crippen LogP contribution in [0.25, 0.3) is 0 Å². The highest BCUT2D eigenvalue weighted by molar-refractivity contribution is 7.98. The molecule has 118 valence electrons. The van der Waals surface area contributed by atoms with Crippen LogP contribution in [0.4, 0.5) is 4.79 Å². The Labute approximate surface area is 127 Å². The van der Waals surface area contributed by atoms with Crippen molar-refractivity contribution in [3.05, 3.63) is 0 Å². The van der Waals surface area contributed by atoms with Crippen LogP contribution in [0.15, 0.2) is 0 Å². The zero-order valence-corrected chi connectivity index (χ0v) is 14.3. The lowest BCUT2D eigenvalue weighted by atomic mass is 10.0. The van der Waals surface area contributed by atoms with E-state index >= 15 is 0 Å². The third-order valence-electron chi connectivity index (χ3n) is 3.48. The van der Waals surface area contributed by atoms with Gasteiger partial charge in [0.15, 0.2) is 0 Å². The van der Waals surface area contributed by atoms with Crippen molar-refractivity contribution in [1.29, 1.82) is 0 Å². The summed E-state index contributed by atoms with van der Waals surface area (Å²) < 4.78 is 5.28. The average Bonchev–Trinajstić information content (AvgIpc) is 2.71. The van der Waals surface area contributed by atoms with Crippen molar-refractivity contribution in [1.82, 2.24) is 10.6 Å². The summed E-state index contributed by atoms with van der Waals surface area (Å²) in [6.45, 7) is 8.59. The van der Waals surface area contributed by atoms with Gasteiger partial charge in [0.2, 0.25) is 0 Å². The fourth-order valence-electron chi connectivity index (χ4n) is 2.69. The topological polar surface area (TPSA) is 50.4 Å². The minimum atomic E-state index is -0.426. The van der Waals surface area contributed by atoms with Crippen molar-refractivity contribution in [3.8, 4) is 0 Å². The highest BCUT2D eigenvalue weighted by atomic mass is 32.2. The fourth-order valence-corrected chi connectivity index (χ4v) is 3.29. The fraction of sp³-hybridized carbons (Fsp3) is 0.933. The Morgan fingerprint density at radius 1 is 1.40 bits per heavy atom. The van der Waals surface area contributed by atoms with Gasteiger partial charge in [0.1, 0.15) is 5.60 Å². The number of alkyl carbamates (subject to hydrolysis) is 1. The first-order chi connectivity index (χ1) is 9.31. The number of hydrogen-bond donors (Lipinski definition) is 2. The van der Waals surface area contributed by atoms with Gasteiger partial charge in [0.05, 0.1) is 0 Å². The maximum absolute atomic E-state index is 11.7. The molecule has 0 saturated heterocycles. The first kappa shape index (κ1) is 17.6. The molecule has 0 radical (unpaired) electrons. The van der Waals surface area contributed by atoms with E-state index in [0.29, 0.717) is 24.5 Å². The van der Waals surface area contributed by atoms with E-state index in [2.05, 4.69) is 23.8 Å². The molecule has 1 aliphatic carbocycles. The van der Waals surface area contributed by atoms with Crippen LogP contribution in [-0.2, 0) is 4.74 Å². The minimum Gasteiger partial charge on any atom is -0.444 e. The lowest BCUT2D eigenvalue weighted by Gasteiger charge is -2.26. The van der Waals surface area contributed by atoms with Gasteiger partial charge in [-0.05, 0) is 52.7 Å². The van der Waals surface area contributed by atoms with Gasteiger partial charge in [-0.1, -0.05) is 6.42 Å². The van der Waals surface area contributed by atoms with Crippen LogP contribution < -0.4 is 10.6 Å². The third-order valence-corrected chi connectivity index (χ3v) is 4.32. The number of rotatable bonds is 6. The van der Waals surface area contributed by atoms with E-state index in [0.717, 1.165) is 5.75 Å². The van der Waals surface area contributed by atoms with Crippen molar-refractivity contribution >= 4 is 17.9 Å². The van der Waals surface area contributed by atoms with Gasteiger partial charge in [-0.3, -0.25) is 0 Å². The highest BCUT2D eigenvalue weighted by Crippen LogP contribution is 2.25. The number of ether oxygens (including phenoxy) is 1. The maximum atomic E-state index is 11.7. The minimum absolute atomic E-state index is 0.305. The van der Waals surface area contributed by atoms with Crippen LogP contribution in [0, 0.1) is 5.92 Å². The monoisotopic (exact) mass is 302 g/mol. The molecule has 1 amide bonds. The number of amides is 1. The molecule has 0 aromatic heterocycles. The Kier molecular flexibility index (Phi) is 7.17. The smallest absolute Gasteiger partial charge is 0.407 e. The summed E-state index contributed by atoms with van der Waals surface area (Å²) in [5, 5.41) is 6.60. The van der Waals surface area contributed by atoms with Crippen LogP contribution >= 0.6 is 11.8 Å². The third kappa shape index (κ3) is 6.84. The molecule has 5 heteroatoms. The summed E-state index contributed by atoms with van der Waals surface area (Å²) in [4.78, 5) is 11.7. The van der Waals surface area contributed by atoms with Gasteiger partial charge in [-0.25, -0.2) is 4.79 Å². The summed E-state index contributed by atoms with van der Waals surface area (Å²) in [5.74, 6) is 1.65. The van der Waals surface area contributed by atoms with E-state index in [-0.39, 0.29) is 6.09 Å². The number of thioether (sulfide) groups is 1. The average molecular weight is 302 g/mol. The standard InChI is InChI=1S/C15H30N2O2S/c1-11(10-20-5)17-13-8-6-7-12(13)9-16-14(18)19-15(2,3)4/h11-13,17H,6-10H2,1-5H3,(H,16,18). The quantitative estimate of drug-likeness (QED) is 0.792. The predicted octanol–water partition coefficient (Wildman–Crippen LogP) is 3.02. The molecule has 4 nitrogen and oxygen atoms in total. The molecule has 1 aliphatic rings. The predicted molar refractivity (Wildman–Crippen MR) is 86.3 cm³/mol. The molecule has 0 aromatic carbocycles. The van der Waals surface area contributed by atoms with Crippen molar-refractivity contribution in [2.24, 2.45) is 5.92 Å². The van der Waals surface area contributed by atoms with Crippen LogP contribution in [-0.4, -0.2) is 42.3 Å². The van der Waals surface area contributed by atoms with Gasteiger partial charge in [-0.2, -0.15) is 11.8 Å². The molecule has 1 rings (SSSR count). The first-order valence-electron chi connectivity index (χ1n) is 7.53. The largest absolute Gasteiger partial charge is 0.444 e. The van der Waals surface area contributed by atoms with Gasteiger partial charge in [-0.15, -0.1) is 0 Å². The second kappa shape index (κ2) is 8.13. The van der Waals surface area contributed by atoms with Crippen LogP contribution in [0.3, 0.4) is 0 Å². The van der Waals surface area contributed by atoms with Gasteiger partial charge in [0, 0.05) is 24.4 Å². The summed E-state index contributed by atoms with van der Waals surface area (Å²) in [6.07, 6.45) is 5.46. The summed E-state index contributed by atoms with van der Waals surface area (Å²) >= 11 is 1.87. The molecule has 3 unspecified atom stereocenters. The first-order valence-corrected chi connectivity index (χ1v) is 8.93. The van der Waals surface area contributed by atoms with Crippen molar-refractivity contribution in [2.45, 2.75) is 64.6 Å². The second-order valence-corrected chi connectivity index (χ2v) is 7.61. The maximum Gasteiger partial charge on any atom is 0.407 e. The molecule has 0 aliphatic heterocycles. The van der Waals surface area contributed by atoms with Crippen LogP contribution in [0.5, 0.6) is 0 Å². The lowest BCUT2D eigenvalue weighted by Crippen LogP contribution is -2.44. The van der Waals surface area contributed by atoms with E-state index in [4.69, 9.17) is 4.74 Å². The molecular formula is C15H30N2O2S. The number of hydrogen-bond acceptors (Lipinski definition) is 4. The Hall–Kier alpha value is -0.420. The Morgan fingerprint density at radius 2 is 2.10 bits per heavy atom. The highest BCUT2D eigenvalue weighted by Gasteiger charge is 2.28. The van der Waals surface area contributed by atoms with Crippen molar-refractivity contribution in [2.75, 3.05) is 18.6 Å². The Balaban J connectivity index is 2.33. The molecule has 1 saturated carbocycles. The van der Waals surface area contributed by atoms with E-state index in [1.54, 1.807) is 0 Å². The summed E-state index contributed by atoms with van der Waals surface area (Å²) in [5.41, 5.74) is -0.426. The molecule has 0 bridgehead atoms. The molecule has 0 heterocycles. The molecule has 1 fully saturated rings. The van der Waals surface area contributed by atoms with Gasteiger partial charge < -0.3 is 15.4 Å². The zero-order chi connectivity index (χ0) is 15.2. The second-order valence-electron chi connectivity index (χ2n) is 6.70. The Bertz CT molecular complexity index is 305. The molecule has 20 heavy (non-hydrogen) atoms. The van der Waals surface area contributed by atoms with Crippen LogP contribution in [0.2, 0.25) is 0 Å². The van der Waals surface area contributed by atoms with Crippen molar-refractivity contribution in [3.63, 3.8) is 0 Å². The molecular weight excluding hydrogens is 272 g/mol. The van der Waals surface area contributed by atoms with E-state index in [9.17, 15) is 4.79 Å². The molecule has 0 aromatic rings. The van der Waals surface area contributed by atoms with Crippen molar-refractivity contribution < 1.29 is 9.53 Å². The zero-order valence-electron chi connectivity index (χ0n) is 13.5. The van der Waals surface area contributed by atoms with Crippen LogP contribution in [0.1, 0.15) is 47.0 Å². The van der Waals surface area contributed by atoms with E-state index in [1.165, 1.54) is 19.3 Å². The number of carbonyl (C=O) groups is 1. The molecule has 3 atom stereocenters. The summed E-state index contributed by atoms with van der Waals surface area (Å²) in [6, 6.07) is 1.05. The normalized spacial score (nSPS) is 24.4. The van der Waals surface area contributed by atoms with Gasteiger partial charge in [0.25, 0.3) is 0 Å². The van der Waals surface area contributed by atoms with E-state index < -0.39 is 5.60 Å². The molecule has 0 spiro atoms. The molecule has 2 N–H and O–H groups in total. The van der Waals surface area contributed by atoms with Gasteiger partial charge >= 0.3 is 6.09 Å². The summed E-state index contributed by atoms with van der Waals surface area (Å²) in [7, 11) is 0.